The summed E-state index contributed by atoms with van der Waals surface area (Å²) in [4.78, 5) is 6.80. The van der Waals surface area contributed by atoms with Crippen molar-refractivity contribution in [2.24, 2.45) is 0 Å². The van der Waals surface area contributed by atoms with Crippen LogP contribution in [0.2, 0.25) is 0 Å². The number of rotatable bonds is 6. The van der Waals surface area contributed by atoms with E-state index in [1.165, 1.54) is 12.1 Å². The SMILES string of the molecule is Cc1nc(C)n(CCCNC2CCN(c3ccccc3)C2)n1. The Morgan fingerprint density at radius 3 is 2.77 bits per heavy atom. The molecule has 118 valence electrons. The van der Waals surface area contributed by atoms with E-state index >= 15 is 0 Å². The molecule has 0 spiro atoms. The van der Waals surface area contributed by atoms with Crippen LogP contribution in [0.1, 0.15) is 24.5 Å². The maximum atomic E-state index is 4.40. The zero-order valence-corrected chi connectivity index (χ0v) is 13.5. The van der Waals surface area contributed by atoms with Gasteiger partial charge in [-0.15, -0.1) is 0 Å². The first kappa shape index (κ1) is 15.0. The first-order valence-corrected chi connectivity index (χ1v) is 8.14. The minimum atomic E-state index is 0.596. The van der Waals surface area contributed by atoms with Crippen molar-refractivity contribution in [1.29, 1.82) is 0 Å². The third kappa shape index (κ3) is 3.65. The van der Waals surface area contributed by atoms with Crippen LogP contribution in [0.25, 0.3) is 0 Å². The Bertz CT molecular complexity index is 592. The van der Waals surface area contributed by atoms with Crippen molar-refractivity contribution in [3.63, 3.8) is 0 Å². The molecule has 0 amide bonds. The van der Waals surface area contributed by atoms with Crippen molar-refractivity contribution in [2.75, 3.05) is 24.5 Å². The van der Waals surface area contributed by atoms with Crippen LogP contribution in [0, 0.1) is 13.8 Å². The predicted molar refractivity (Wildman–Crippen MR) is 89.2 cm³/mol. The smallest absolute Gasteiger partial charge is 0.147 e. The molecule has 0 bridgehead atoms. The summed E-state index contributed by atoms with van der Waals surface area (Å²) >= 11 is 0. The summed E-state index contributed by atoms with van der Waals surface area (Å²) in [7, 11) is 0. The zero-order chi connectivity index (χ0) is 15.4. The number of aryl methyl sites for hydroxylation is 3. The van der Waals surface area contributed by atoms with Crippen LogP contribution < -0.4 is 10.2 Å². The Labute approximate surface area is 132 Å². The van der Waals surface area contributed by atoms with Gasteiger partial charge in [0.1, 0.15) is 11.6 Å². The number of aromatic nitrogens is 3. The molecule has 1 unspecified atom stereocenters. The largest absolute Gasteiger partial charge is 0.370 e. The molecule has 1 fully saturated rings. The molecule has 5 heteroatoms. The standard InChI is InChI=1S/C17H25N5/c1-14-19-15(2)22(20-14)11-6-10-18-16-9-12-21(13-16)17-7-4-3-5-8-17/h3-5,7-8,16,18H,6,9-13H2,1-2H3. The van der Waals surface area contributed by atoms with Gasteiger partial charge < -0.3 is 10.2 Å². The van der Waals surface area contributed by atoms with Gasteiger partial charge in [0.05, 0.1) is 0 Å². The molecular formula is C17H25N5. The number of para-hydroxylation sites is 1. The second-order valence-corrected chi connectivity index (χ2v) is 6.00. The van der Waals surface area contributed by atoms with E-state index < -0.39 is 0 Å². The number of anilines is 1. The molecule has 5 nitrogen and oxygen atoms in total. The van der Waals surface area contributed by atoms with E-state index in [1.54, 1.807) is 0 Å². The van der Waals surface area contributed by atoms with Crippen LogP contribution in [0.3, 0.4) is 0 Å². The fraction of sp³-hybridized carbons (Fsp3) is 0.529. The van der Waals surface area contributed by atoms with Crippen molar-refractivity contribution in [2.45, 2.75) is 39.3 Å². The van der Waals surface area contributed by atoms with Gasteiger partial charge in [-0.3, -0.25) is 4.68 Å². The van der Waals surface area contributed by atoms with Gasteiger partial charge in [-0.25, -0.2) is 4.98 Å². The van der Waals surface area contributed by atoms with Crippen LogP contribution in [0.5, 0.6) is 0 Å². The van der Waals surface area contributed by atoms with E-state index in [9.17, 15) is 0 Å². The average molecular weight is 299 g/mol. The fourth-order valence-corrected chi connectivity index (χ4v) is 3.11. The molecular weight excluding hydrogens is 274 g/mol. The van der Waals surface area contributed by atoms with Gasteiger partial charge in [-0.1, -0.05) is 18.2 Å². The third-order valence-corrected chi connectivity index (χ3v) is 4.25. The fourth-order valence-electron chi connectivity index (χ4n) is 3.11. The van der Waals surface area contributed by atoms with Crippen LogP contribution >= 0.6 is 0 Å². The Morgan fingerprint density at radius 1 is 1.23 bits per heavy atom. The highest BCUT2D eigenvalue weighted by Gasteiger charge is 2.21. The van der Waals surface area contributed by atoms with Gasteiger partial charge in [-0.05, 0) is 45.4 Å². The molecule has 1 aliphatic heterocycles. The molecule has 2 heterocycles. The molecule has 1 saturated heterocycles. The molecule has 1 aliphatic rings. The number of benzene rings is 1. The summed E-state index contributed by atoms with van der Waals surface area (Å²) in [6.45, 7) is 8.18. The molecule has 1 aromatic carbocycles. The lowest BCUT2D eigenvalue weighted by Gasteiger charge is -2.19. The highest BCUT2D eigenvalue weighted by molar-refractivity contribution is 5.47. The number of hydrogen-bond donors (Lipinski definition) is 1. The van der Waals surface area contributed by atoms with E-state index in [0.717, 1.165) is 44.2 Å². The van der Waals surface area contributed by atoms with Crippen molar-refractivity contribution in [3.8, 4) is 0 Å². The molecule has 0 radical (unpaired) electrons. The molecule has 22 heavy (non-hydrogen) atoms. The van der Waals surface area contributed by atoms with Gasteiger partial charge in [0, 0.05) is 31.4 Å². The lowest BCUT2D eigenvalue weighted by molar-refractivity contribution is 0.491. The van der Waals surface area contributed by atoms with Crippen LogP contribution in [-0.2, 0) is 6.54 Å². The second-order valence-electron chi connectivity index (χ2n) is 6.00. The summed E-state index contributed by atoms with van der Waals surface area (Å²) in [6, 6.07) is 11.3. The van der Waals surface area contributed by atoms with E-state index in [4.69, 9.17) is 0 Å². The Balaban J connectivity index is 1.39. The van der Waals surface area contributed by atoms with Crippen LogP contribution in [-0.4, -0.2) is 40.4 Å². The number of hydrogen-bond acceptors (Lipinski definition) is 4. The highest BCUT2D eigenvalue weighted by Crippen LogP contribution is 2.19. The van der Waals surface area contributed by atoms with Gasteiger partial charge in [0.15, 0.2) is 0 Å². The van der Waals surface area contributed by atoms with Crippen molar-refractivity contribution in [3.05, 3.63) is 42.0 Å². The highest BCUT2D eigenvalue weighted by atomic mass is 15.3. The maximum Gasteiger partial charge on any atom is 0.147 e. The minimum Gasteiger partial charge on any atom is -0.370 e. The molecule has 1 atom stereocenters. The zero-order valence-electron chi connectivity index (χ0n) is 13.5. The quantitative estimate of drug-likeness (QED) is 0.830. The molecule has 2 aromatic rings. The van der Waals surface area contributed by atoms with Crippen LogP contribution in [0.15, 0.2) is 30.3 Å². The first-order chi connectivity index (χ1) is 10.7. The summed E-state index contributed by atoms with van der Waals surface area (Å²) in [5, 5.41) is 8.08. The van der Waals surface area contributed by atoms with Crippen molar-refractivity contribution < 1.29 is 0 Å². The van der Waals surface area contributed by atoms with Crippen molar-refractivity contribution in [1.82, 2.24) is 20.1 Å². The second kappa shape index (κ2) is 6.92. The summed E-state index contributed by atoms with van der Waals surface area (Å²) < 4.78 is 2.00. The molecule has 1 N–H and O–H groups in total. The van der Waals surface area contributed by atoms with Crippen LogP contribution in [0.4, 0.5) is 5.69 Å². The molecule has 1 aromatic heterocycles. The normalized spacial score (nSPS) is 18.1. The summed E-state index contributed by atoms with van der Waals surface area (Å²) in [5.41, 5.74) is 1.33. The van der Waals surface area contributed by atoms with Gasteiger partial charge in [0.25, 0.3) is 0 Å². The number of nitrogens with zero attached hydrogens (tertiary/aromatic N) is 4. The van der Waals surface area contributed by atoms with E-state index in [1.807, 2.05) is 18.5 Å². The average Bonchev–Trinajstić information content (AvgIpc) is 3.11. The topological polar surface area (TPSA) is 46.0 Å². The van der Waals surface area contributed by atoms with E-state index in [-0.39, 0.29) is 0 Å². The minimum absolute atomic E-state index is 0.596. The van der Waals surface area contributed by atoms with Crippen molar-refractivity contribution >= 4 is 5.69 Å². The molecule has 0 aliphatic carbocycles. The number of nitrogens with one attached hydrogen (secondary N) is 1. The summed E-state index contributed by atoms with van der Waals surface area (Å²) in [5.74, 6) is 1.87. The predicted octanol–water partition coefficient (Wildman–Crippen LogP) is 2.15. The van der Waals surface area contributed by atoms with Gasteiger partial charge in [0.2, 0.25) is 0 Å². The molecule has 3 rings (SSSR count). The van der Waals surface area contributed by atoms with Gasteiger partial charge >= 0.3 is 0 Å². The Kier molecular flexibility index (Phi) is 4.73. The lowest BCUT2D eigenvalue weighted by atomic mass is 10.2. The summed E-state index contributed by atoms with van der Waals surface area (Å²) in [6.07, 6.45) is 2.31. The monoisotopic (exact) mass is 299 g/mol. The Hall–Kier alpha value is -1.88. The Morgan fingerprint density at radius 2 is 2.05 bits per heavy atom. The maximum absolute atomic E-state index is 4.40. The third-order valence-electron chi connectivity index (χ3n) is 4.25. The molecule has 0 saturated carbocycles. The first-order valence-electron chi connectivity index (χ1n) is 8.14. The van der Waals surface area contributed by atoms with Gasteiger partial charge in [-0.2, -0.15) is 5.10 Å². The van der Waals surface area contributed by atoms with E-state index in [0.29, 0.717) is 6.04 Å². The lowest BCUT2D eigenvalue weighted by Crippen LogP contribution is -2.33. The van der Waals surface area contributed by atoms with E-state index in [2.05, 4.69) is 50.6 Å².